The van der Waals surface area contributed by atoms with Crippen molar-refractivity contribution in [2.45, 2.75) is 78.6 Å². The Labute approximate surface area is 215 Å². The van der Waals surface area contributed by atoms with Crippen LogP contribution < -0.4 is 15.4 Å². The average Bonchev–Trinajstić information content (AvgIpc) is 3.28. The molecule has 0 spiro atoms. The van der Waals surface area contributed by atoms with Crippen LogP contribution in [0.1, 0.15) is 93.8 Å². The van der Waals surface area contributed by atoms with Gasteiger partial charge >= 0.3 is 0 Å². The lowest BCUT2D eigenvalue weighted by Gasteiger charge is -2.21. The van der Waals surface area contributed by atoms with Gasteiger partial charge in [-0.1, -0.05) is 40.0 Å². The molecule has 0 bridgehead atoms. The van der Waals surface area contributed by atoms with Crippen molar-refractivity contribution in [2.24, 2.45) is 0 Å². The molecule has 1 aliphatic carbocycles. The summed E-state index contributed by atoms with van der Waals surface area (Å²) in [4.78, 5) is 27.3. The second-order valence-corrected chi connectivity index (χ2v) is 9.57. The van der Waals surface area contributed by atoms with E-state index in [1.807, 2.05) is 36.3 Å². The van der Waals surface area contributed by atoms with Crippen LogP contribution in [-0.2, 0) is 11.2 Å². The number of unbranched alkanes of at least 4 members (excludes halogenated alkanes) is 3. The minimum Gasteiger partial charge on any atom is -0.494 e. The third kappa shape index (κ3) is 7.56. The standard InChI is InChI=1S/C31H41NO4/c1-4-7-11-29-30(27-22-24(23-33)12-17-28(27)36-29)31(34)25-13-15-26(16-14-25)35-21-10-20-32(18-8-5-2)19-9-6-3/h13-17,22H,4-12,18-21H2,1-3H3. The van der Waals surface area contributed by atoms with Gasteiger partial charge in [0.05, 0.1) is 12.2 Å². The van der Waals surface area contributed by atoms with Crippen LogP contribution in [0.2, 0.25) is 0 Å². The maximum atomic E-state index is 13.5. The Hall–Kier alpha value is -2.88. The number of fused-ring (bicyclic) bond motifs is 1. The summed E-state index contributed by atoms with van der Waals surface area (Å²) in [5, 5.41) is 0.701. The van der Waals surface area contributed by atoms with Gasteiger partial charge in [-0.15, -0.1) is 0 Å². The van der Waals surface area contributed by atoms with Gasteiger partial charge in [0.2, 0.25) is 0 Å². The van der Waals surface area contributed by atoms with Crippen LogP contribution in [-0.4, -0.2) is 42.9 Å². The van der Waals surface area contributed by atoms with E-state index in [9.17, 15) is 9.59 Å². The van der Waals surface area contributed by atoms with E-state index in [0.717, 1.165) is 44.6 Å². The molecule has 36 heavy (non-hydrogen) atoms. The molecule has 1 aliphatic rings. The van der Waals surface area contributed by atoms with Crippen molar-refractivity contribution in [3.8, 4) is 5.75 Å². The first-order valence-corrected chi connectivity index (χ1v) is 13.7. The van der Waals surface area contributed by atoms with Crippen LogP contribution >= 0.6 is 0 Å². The molecule has 0 saturated carbocycles. The van der Waals surface area contributed by atoms with Crippen molar-refractivity contribution >= 4 is 23.9 Å². The van der Waals surface area contributed by atoms with E-state index in [1.165, 1.54) is 25.7 Å². The molecule has 0 unspecified atom stereocenters. The highest BCUT2D eigenvalue weighted by Gasteiger charge is 2.22. The van der Waals surface area contributed by atoms with E-state index in [2.05, 4.69) is 25.7 Å². The summed E-state index contributed by atoms with van der Waals surface area (Å²) in [5.41, 5.74) is 2.36. The molecule has 0 amide bonds. The molecule has 3 rings (SSSR count). The zero-order chi connectivity index (χ0) is 25.8. The number of aryl methyl sites for hydroxylation is 1. The number of hydrogen-bond acceptors (Lipinski definition) is 5. The van der Waals surface area contributed by atoms with Crippen LogP contribution in [0.25, 0.3) is 12.2 Å². The number of nitrogens with zero attached hydrogens (tertiary/aromatic N) is 1. The first-order valence-electron chi connectivity index (χ1n) is 13.7. The van der Waals surface area contributed by atoms with E-state index in [4.69, 9.17) is 9.15 Å². The maximum absolute atomic E-state index is 13.5. The van der Waals surface area contributed by atoms with Crippen molar-refractivity contribution < 1.29 is 18.7 Å². The Morgan fingerprint density at radius 2 is 1.64 bits per heavy atom. The van der Waals surface area contributed by atoms with Crippen molar-refractivity contribution in [1.82, 2.24) is 4.90 Å². The molecule has 0 fully saturated rings. The third-order valence-electron chi connectivity index (χ3n) is 6.65. The molecule has 2 aromatic rings. The first-order chi connectivity index (χ1) is 17.6. The second kappa shape index (κ2) is 14.6. The molecule has 0 radical (unpaired) electrons. The lowest BCUT2D eigenvalue weighted by atomic mass is 9.97. The van der Waals surface area contributed by atoms with E-state index in [1.54, 1.807) is 6.08 Å². The van der Waals surface area contributed by atoms with Gasteiger partial charge in [-0.3, -0.25) is 4.79 Å². The quantitative estimate of drug-likeness (QED) is 0.182. The summed E-state index contributed by atoms with van der Waals surface area (Å²) >= 11 is 0. The number of ketones is 1. The molecule has 1 aromatic carbocycles. The smallest absolute Gasteiger partial charge is 0.197 e. The molecule has 194 valence electrons. The largest absolute Gasteiger partial charge is 0.494 e. The number of rotatable bonds is 16. The van der Waals surface area contributed by atoms with Crippen LogP contribution in [0.15, 0.2) is 34.3 Å². The molecule has 0 saturated heterocycles. The Kier molecular flexibility index (Phi) is 11.3. The summed E-state index contributed by atoms with van der Waals surface area (Å²) < 4.78 is 12.0. The Morgan fingerprint density at radius 3 is 2.28 bits per heavy atom. The SMILES string of the molecule is CCCCc1oc2c(c1C(=O)c1ccc(OCCCN(CCCC)CCCC)cc1)=CC(=C=O)CC=2. The van der Waals surface area contributed by atoms with Gasteiger partial charge in [-0.2, -0.15) is 0 Å². The van der Waals surface area contributed by atoms with E-state index in [-0.39, 0.29) is 5.78 Å². The molecule has 1 heterocycles. The number of benzene rings is 1. The number of carbonyl (C=O) groups excluding carboxylic acids is 2. The molecule has 5 nitrogen and oxygen atoms in total. The Morgan fingerprint density at radius 1 is 0.972 bits per heavy atom. The lowest BCUT2D eigenvalue weighted by molar-refractivity contribution is 0.103. The topological polar surface area (TPSA) is 59.8 Å². The predicted octanol–water partition coefficient (Wildman–Crippen LogP) is 5.25. The van der Waals surface area contributed by atoms with Crippen molar-refractivity contribution in [3.05, 3.63) is 57.4 Å². The summed E-state index contributed by atoms with van der Waals surface area (Å²) in [7, 11) is 0. The van der Waals surface area contributed by atoms with Gasteiger partial charge in [0, 0.05) is 35.7 Å². The molecule has 0 aliphatic heterocycles. The lowest BCUT2D eigenvalue weighted by Crippen LogP contribution is -2.28. The number of furan rings is 1. The summed E-state index contributed by atoms with van der Waals surface area (Å²) in [6.45, 7) is 10.6. The fraction of sp³-hybridized carbons (Fsp3) is 0.516. The van der Waals surface area contributed by atoms with Gasteiger partial charge in [0.1, 0.15) is 22.9 Å². The highest BCUT2D eigenvalue weighted by Crippen LogP contribution is 2.19. The summed E-state index contributed by atoms with van der Waals surface area (Å²) in [6.07, 6.45) is 12.6. The molecular formula is C31H41NO4. The number of ether oxygens (including phenoxy) is 1. The number of hydrogen-bond donors (Lipinski definition) is 0. The van der Waals surface area contributed by atoms with Crippen molar-refractivity contribution in [2.75, 3.05) is 26.2 Å². The average molecular weight is 492 g/mol. The van der Waals surface area contributed by atoms with Crippen LogP contribution in [0.4, 0.5) is 0 Å². The zero-order valence-corrected chi connectivity index (χ0v) is 22.2. The fourth-order valence-corrected chi connectivity index (χ4v) is 4.50. The second-order valence-electron chi connectivity index (χ2n) is 9.57. The molecular weight excluding hydrogens is 450 g/mol. The van der Waals surface area contributed by atoms with E-state index in [0.29, 0.717) is 52.5 Å². The minimum absolute atomic E-state index is 0.0862. The highest BCUT2D eigenvalue weighted by molar-refractivity contribution is 6.10. The Bertz CT molecular complexity index is 1140. The van der Waals surface area contributed by atoms with E-state index < -0.39 is 0 Å². The van der Waals surface area contributed by atoms with Crippen molar-refractivity contribution in [3.63, 3.8) is 0 Å². The highest BCUT2D eigenvalue weighted by atomic mass is 16.5. The Balaban J connectivity index is 1.66. The monoisotopic (exact) mass is 491 g/mol. The normalized spacial score (nSPS) is 12.6. The number of carbonyl (C=O) groups is 1. The van der Waals surface area contributed by atoms with Crippen molar-refractivity contribution in [1.29, 1.82) is 0 Å². The van der Waals surface area contributed by atoms with Gasteiger partial charge in [0.25, 0.3) is 0 Å². The van der Waals surface area contributed by atoms with Crippen LogP contribution in [0.5, 0.6) is 5.75 Å². The fourth-order valence-electron chi connectivity index (χ4n) is 4.50. The predicted molar refractivity (Wildman–Crippen MR) is 146 cm³/mol. The molecule has 1 aromatic heterocycles. The van der Waals surface area contributed by atoms with Gasteiger partial charge in [-0.05, 0) is 75.2 Å². The van der Waals surface area contributed by atoms with E-state index >= 15 is 0 Å². The summed E-state index contributed by atoms with van der Waals surface area (Å²) in [5.74, 6) is 3.35. The van der Waals surface area contributed by atoms with Gasteiger partial charge < -0.3 is 14.1 Å². The third-order valence-corrected chi connectivity index (χ3v) is 6.65. The van der Waals surface area contributed by atoms with Crippen LogP contribution in [0, 0.1) is 0 Å². The minimum atomic E-state index is -0.0862. The molecule has 0 N–H and O–H groups in total. The summed E-state index contributed by atoms with van der Waals surface area (Å²) in [6, 6.07) is 7.37. The van der Waals surface area contributed by atoms with Gasteiger partial charge in [-0.25, -0.2) is 4.79 Å². The molecule has 0 atom stereocenters. The maximum Gasteiger partial charge on any atom is 0.197 e. The zero-order valence-electron chi connectivity index (χ0n) is 22.2. The van der Waals surface area contributed by atoms with Crippen LogP contribution in [0.3, 0.4) is 0 Å². The van der Waals surface area contributed by atoms with Gasteiger partial charge in [0.15, 0.2) is 5.78 Å². The number of allylic oxidation sites excluding steroid dienone is 1. The first kappa shape index (κ1) is 27.7. The molecule has 5 heteroatoms.